The van der Waals surface area contributed by atoms with Gasteiger partial charge in [0.2, 0.25) is 0 Å². The second-order valence-corrected chi connectivity index (χ2v) is 6.17. The lowest BCUT2D eigenvalue weighted by atomic mass is 9.81. The Morgan fingerprint density at radius 3 is 2.90 bits per heavy atom. The Balaban J connectivity index is 1.75. The number of nitro groups is 1. The van der Waals surface area contributed by atoms with Crippen molar-refractivity contribution in [2.75, 3.05) is 13.2 Å². The van der Waals surface area contributed by atoms with E-state index in [0.717, 1.165) is 25.7 Å². The van der Waals surface area contributed by atoms with Crippen molar-refractivity contribution in [3.8, 4) is 0 Å². The molecule has 7 nitrogen and oxygen atoms in total. The van der Waals surface area contributed by atoms with E-state index in [9.17, 15) is 14.9 Å². The molecule has 4 bridgehead atoms. The smallest absolute Gasteiger partial charge is 0.298 e. The molecule has 7 heteroatoms. The molecule has 21 heavy (non-hydrogen) atoms. The van der Waals surface area contributed by atoms with Crippen LogP contribution in [0.5, 0.6) is 0 Å². The van der Waals surface area contributed by atoms with Gasteiger partial charge in [0.05, 0.1) is 24.7 Å². The minimum Gasteiger partial charge on any atom is -0.348 e. The van der Waals surface area contributed by atoms with Crippen LogP contribution in [0, 0.1) is 16.0 Å². The van der Waals surface area contributed by atoms with Crippen molar-refractivity contribution in [3.63, 3.8) is 0 Å². The Morgan fingerprint density at radius 1 is 1.38 bits per heavy atom. The number of piperidine rings is 1. The molecule has 0 saturated carbocycles. The summed E-state index contributed by atoms with van der Waals surface area (Å²) in [5.74, 6) is -0.690. The predicted molar refractivity (Wildman–Crippen MR) is 73.1 cm³/mol. The summed E-state index contributed by atoms with van der Waals surface area (Å²) in [6.45, 7) is 3.06. The summed E-state index contributed by atoms with van der Waals surface area (Å²) >= 11 is 0. The normalized spacial score (nSPS) is 37.9. The summed E-state index contributed by atoms with van der Waals surface area (Å²) in [6, 6.07) is -1.32. The Hall–Kier alpha value is -1.21. The van der Waals surface area contributed by atoms with Gasteiger partial charge in [-0.2, -0.15) is 0 Å². The maximum absolute atomic E-state index is 12.5. The quantitative estimate of drug-likeness (QED) is 0.418. The first-order valence-electron chi connectivity index (χ1n) is 7.84. The van der Waals surface area contributed by atoms with E-state index in [1.807, 2.05) is 0 Å². The SMILES string of the molecule is CCCCCCN1C(=O)[C@@H]([N+](=O)[O-])[C@H]2C[C@@H]1[C@@H]1OC[C@@H]2O1. The van der Waals surface area contributed by atoms with Crippen molar-refractivity contribution < 1.29 is 19.2 Å². The molecule has 0 aliphatic carbocycles. The highest BCUT2D eigenvalue weighted by atomic mass is 16.7. The second-order valence-electron chi connectivity index (χ2n) is 6.17. The highest BCUT2D eigenvalue weighted by Crippen LogP contribution is 2.41. The third-order valence-corrected chi connectivity index (χ3v) is 4.86. The van der Waals surface area contributed by atoms with Gasteiger partial charge in [-0.15, -0.1) is 0 Å². The highest BCUT2D eigenvalue weighted by molar-refractivity contribution is 5.82. The minimum atomic E-state index is -1.17. The summed E-state index contributed by atoms with van der Waals surface area (Å²) in [4.78, 5) is 25.1. The molecule has 3 aliphatic heterocycles. The van der Waals surface area contributed by atoms with E-state index in [-0.39, 0.29) is 24.0 Å². The van der Waals surface area contributed by atoms with Gasteiger partial charge >= 0.3 is 0 Å². The third kappa shape index (κ3) is 2.53. The molecular weight excluding hydrogens is 276 g/mol. The minimum absolute atomic E-state index is 0.154. The lowest BCUT2D eigenvalue weighted by Crippen LogP contribution is -2.64. The molecule has 3 rings (SSSR count). The lowest BCUT2D eigenvalue weighted by molar-refractivity contribution is -0.525. The number of amides is 1. The van der Waals surface area contributed by atoms with E-state index in [4.69, 9.17) is 9.47 Å². The van der Waals surface area contributed by atoms with E-state index in [1.165, 1.54) is 0 Å². The summed E-state index contributed by atoms with van der Waals surface area (Å²) < 4.78 is 11.3. The molecule has 3 aliphatic rings. The maximum Gasteiger partial charge on any atom is 0.298 e. The second kappa shape index (κ2) is 5.88. The summed E-state index contributed by atoms with van der Waals surface area (Å²) in [7, 11) is 0. The number of nitrogens with zero attached hydrogens (tertiary/aromatic N) is 2. The molecule has 1 amide bonds. The molecule has 0 aromatic carbocycles. The fraction of sp³-hybridized carbons (Fsp3) is 0.929. The molecule has 0 spiro atoms. The van der Waals surface area contributed by atoms with Gasteiger partial charge in [0, 0.05) is 11.5 Å². The molecule has 0 aromatic rings. The van der Waals surface area contributed by atoms with Gasteiger partial charge < -0.3 is 14.4 Å². The number of unbranched alkanes of at least 4 members (excludes halogenated alkanes) is 3. The summed E-state index contributed by atoms with van der Waals surface area (Å²) in [6.07, 6.45) is 4.08. The van der Waals surface area contributed by atoms with Gasteiger partial charge in [-0.3, -0.25) is 14.9 Å². The van der Waals surface area contributed by atoms with Crippen molar-refractivity contribution in [1.29, 1.82) is 0 Å². The Kier molecular flexibility index (Phi) is 4.12. The molecule has 3 fully saturated rings. The number of ether oxygens (including phenoxy) is 2. The van der Waals surface area contributed by atoms with E-state index >= 15 is 0 Å². The van der Waals surface area contributed by atoms with Gasteiger partial charge in [0.1, 0.15) is 0 Å². The molecule has 0 aromatic heterocycles. The zero-order valence-electron chi connectivity index (χ0n) is 12.3. The first kappa shape index (κ1) is 14.7. The lowest BCUT2D eigenvalue weighted by Gasteiger charge is -2.45. The van der Waals surface area contributed by atoms with Crippen LogP contribution in [-0.2, 0) is 14.3 Å². The zero-order chi connectivity index (χ0) is 15.0. The van der Waals surface area contributed by atoms with Crippen molar-refractivity contribution >= 4 is 5.91 Å². The molecule has 5 atom stereocenters. The van der Waals surface area contributed by atoms with Crippen molar-refractivity contribution in [3.05, 3.63) is 10.1 Å². The fourth-order valence-corrected chi connectivity index (χ4v) is 3.76. The fourth-order valence-electron chi connectivity index (χ4n) is 3.76. The number of fused-ring (bicyclic) bond motifs is 6. The largest absolute Gasteiger partial charge is 0.348 e. The maximum atomic E-state index is 12.5. The Bertz CT molecular complexity index is 430. The molecule has 0 radical (unpaired) electrons. The summed E-state index contributed by atoms with van der Waals surface area (Å²) in [5.41, 5.74) is 0. The monoisotopic (exact) mass is 298 g/mol. The van der Waals surface area contributed by atoms with E-state index in [0.29, 0.717) is 19.6 Å². The highest BCUT2D eigenvalue weighted by Gasteiger charge is 2.60. The molecule has 0 N–H and O–H groups in total. The van der Waals surface area contributed by atoms with E-state index in [1.54, 1.807) is 4.90 Å². The van der Waals surface area contributed by atoms with Crippen LogP contribution in [-0.4, -0.2) is 53.4 Å². The Labute approximate surface area is 123 Å². The number of carbonyl (C=O) groups is 1. The van der Waals surface area contributed by atoms with Crippen LogP contribution in [0.3, 0.4) is 0 Å². The first-order chi connectivity index (χ1) is 10.1. The van der Waals surface area contributed by atoms with E-state index in [2.05, 4.69) is 6.92 Å². The van der Waals surface area contributed by atoms with Crippen LogP contribution in [0.1, 0.15) is 39.0 Å². The molecular formula is C14H22N2O5. The van der Waals surface area contributed by atoms with Crippen molar-refractivity contribution in [2.24, 2.45) is 5.92 Å². The van der Waals surface area contributed by atoms with Crippen LogP contribution in [0.4, 0.5) is 0 Å². The molecule has 118 valence electrons. The average molecular weight is 298 g/mol. The molecule has 3 heterocycles. The number of hydrogen-bond acceptors (Lipinski definition) is 5. The van der Waals surface area contributed by atoms with Crippen LogP contribution in [0.15, 0.2) is 0 Å². The van der Waals surface area contributed by atoms with Gasteiger partial charge in [-0.1, -0.05) is 26.2 Å². The van der Waals surface area contributed by atoms with Gasteiger partial charge in [0.25, 0.3) is 11.9 Å². The summed E-state index contributed by atoms with van der Waals surface area (Å²) in [5, 5.41) is 11.3. The van der Waals surface area contributed by atoms with Crippen LogP contribution >= 0.6 is 0 Å². The third-order valence-electron chi connectivity index (χ3n) is 4.86. The van der Waals surface area contributed by atoms with E-state index < -0.39 is 17.3 Å². The average Bonchev–Trinajstić information content (AvgIpc) is 2.88. The van der Waals surface area contributed by atoms with Gasteiger partial charge in [-0.25, -0.2) is 0 Å². The van der Waals surface area contributed by atoms with Gasteiger partial charge in [0.15, 0.2) is 6.29 Å². The number of carbonyl (C=O) groups excluding carboxylic acids is 1. The van der Waals surface area contributed by atoms with Crippen LogP contribution in [0.2, 0.25) is 0 Å². The molecule has 3 saturated heterocycles. The van der Waals surface area contributed by atoms with Crippen LogP contribution < -0.4 is 0 Å². The zero-order valence-corrected chi connectivity index (χ0v) is 12.3. The van der Waals surface area contributed by atoms with Gasteiger partial charge in [-0.05, 0) is 12.8 Å². The van der Waals surface area contributed by atoms with Crippen molar-refractivity contribution in [2.45, 2.75) is 63.5 Å². The van der Waals surface area contributed by atoms with Crippen molar-refractivity contribution in [1.82, 2.24) is 4.90 Å². The topological polar surface area (TPSA) is 81.9 Å². The number of hydrogen-bond donors (Lipinski definition) is 0. The predicted octanol–water partition coefficient (Wildman–Crippen LogP) is 1.18. The number of likely N-dealkylation sites (tertiary alicyclic amines) is 1. The standard InChI is InChI=1S/C14H22N2O5/c1-2-3-4-5-6-15-10-7-9(11-8-20-14(10)21-11)12(13(15)17)16(18)19/h9-12,14H,2-8H2,1H3/t9-,10+,11-,12-,14+/m0/s1. The number of rotatable bonds is 6. The first-order valence-corrected chi connectivity index (χ1v) is 7.84. The van der Waals surface area contributed by atoms with Crippen LogP contribution in [0.25, 0.3) is 0 Å². The Morgan fingerprint density at radius 2 is 2.19 bits per heavy atom. The molecule has 0 unspecified atom stereocenters.